The van der Waals surface area contributed by atoms with E-state index in [2.05, 4.69) is 0 Å². The molecule has 7 nitrogen and oxygen atoms in total. The van der Waals surface area contributed by atoms with Gasteiger partial charge in [0.25, 0.3) is 0 Å². The summed E-state index contributed by atoms with van der Waals surface area (Å²) in [6, 6.07) is 6.61. The maximum absolute atomic E-state index is 9.84. The van der Waals surface area contributed by atoms with Gasteiger partial charge in [0.05, 0.1) is 13.2 Å². The van der Waals surface area contributed by atoms with Crippen LogP contribution in [0.1, 0.15) is 5.56 Å². The molecule has 20 heavy (non-hydrogen) atoms. The molecule has 0 spiro atoms. The molecule has 5 atom stereocenters. The van der Waals surface area contributed by atoms with Crippen molar-refractivity contribution in [3.8, 4) is 5.75 Å². The van der Waals surface area contributed by atoms with E-state index >= 15 is 0 Å². The van der Waals surface area contributed by atoms with Gasteiger partial charge >= 0.3 is 0 Å². The summed E-state index contributed by atoms with van der Waals surface area (Å²) < 4.78 is 10.6. The molecule has 112 valence electrons. The molecule has 0 aromatic heterocycles. The van der Waals surface area contributed by atoms with Crippen LogP contribution in [0.4, 0.5) is 0 Å². The second-order valence-electron chi connectivity index (χ2n) is 4.58. The van der Waals surface area contributed by atoms with E-state index in [4.69, 9.17) is 14.6 Å². The Morgan fingerprint density at radius 3 is 2.35 bits per heavy atom. The van der Waals surface area contributed by atoms with E-state index in [-0.39, 0.29) is 6.61 Å². The number of hydrogen-bond donors (Lipinski definition) is 5. The van der Waals surface area contributed by atoms with Crippen LogP contribution in [0, 0.1) is 0 Å². The second kappa shape index (κ2) is 6.49. The summed E-state index contributed by atoms with van der Waals surface area (Å²) in [5, 5.41) is 47.4. The van der Waals surface area contributed by atoms with Crippen molar-refractivity contribution >= 4 is 0 Å². The predicted octanol–water partition coefficient (Wildman–Crippen LogP) is -1.64. The number of aliphatic hydroxyl groups is 5. The molecule has 1 heterocycles. The van der Waals surface area contributed by atoms with E-state index in [9.17, 15) is 20.4 Å². The minimum absolute atomic E-state index is 0.256. The van der Waals surface area contributed by atoms with Crippen LogP contribution in [0.3, 0.4) is 0 Å². The molecule has 1 aromatic rings. The Bertz CT molecular complexity index is 436. The van der Waals surface area contributed by atoms with Crippen LogP contribution in [0.2, 0.25) is 0 Å². The molecule has 7 heteroatoms. The fourth-order valence-corrected chi connectivity index (χ4v) is 2.04. The maximum Gasteiger partial charge on any atom is 0.229 e. The minimum Gasteiger partial charge on any atom is -0.462 e. The molecule has 0 saturated carbocycles. The summed E-state index contributed by atoms with van der Waals surface area (Å²) >= 11 is 0. The highest BCUT2D eigenvalue weighted by Crippen LogP contribution is 2.26. The van der Waals surface area contributed by atoms with Gasteiger partial charge < -0.3 is 35.0 Å². The van der Waals surface area contributed by atoms with E-state index in [1.165, 1.54) is 0 Å². The van der Waals surface area contributed by atoms with Crippen molar-refractivity contribution < 1.29 is 35.0 Å². The maximum atomic E-state index is 9.84. The summed E-state index contributed by atoms with van der Waals surface area (Å²) in [5.41, 5.74) is 0.490. The number of rotatable bonds is 4. The van der Waals surface area contributed by atoms with Crippen LogP contribution in [0.5, 0.6) is 5.75 Å². The van der Waals surface area contributed by atoms with Gasteiger partial charge in [0, 0.05) is 5.56 Å². The summed E-state index contributed by atoms with van der Waals surface area (Å²) in [7, 11) is 0. The van der Waals surface area contributed by atoms with Gasteiger partial charge in [-0.1, -0.05) is 18.2 Å². The molecule has 2 rings (SSSR count). The number of benzene rings is 1. The molecule has 0 aliphatic carbocycles. The van der Waals surface area contributed by atoms with Crippen molar-refractivity contribution in [2.45, 2.75) is 37.3 Å². The summed E-state index contributed by atoms with van der Waals surface area (Å²) in [5.74, 6) is 0.291. The van der Waals surface area contributed by atoms with Gasteiger partial charge in [-0.3, -0.25) is 0 Å². The SMILES string of the molecule is OCc1ccccc1O[C@@H]1O[C@@H](CO)[C@H](O)[C@H](O)[C@H]1O. The lowest BCUT2D eigenvalue weighted by atomic mass is 9.99. The van der Waals surface area contributed by atoms with Gasteiger partial charge in [0.1, 0.15) is 30.2 Å². The zero-order valence-electron chi connectivity index (χ0n) is 10.7. The van der Waals surface area contributed by atoms with E-state index in [0.29, 0.717) is 11.3 Å². The van der Waals surface area contributed by atoms with E-state index in [1.807, 2.05) is 0 Å². The van der Waals surface area contributed by atoms with Crippen LogP contribution in [-0.4, -0.2) is 62.8 Å². The van der Waals surface area contributed by atoms with Crippen molar-refractivity contribution in [1.82, 2.24) is 0 Å². The first-order valence-electron chi connectivity index (χ1n) is 6.24. The Morgan fingerprint density at radius 1 is 1.00 bits per heavy atom. The van der Waals surface area contributed by atoms with Crippen LogP contribution in [0.15, 0.2) is 24.3 Å². The zero-order chi connectivity index (χ0) is 14.7. The fourth-order valence-electron chi connectivity index (χ4n) is 2.04. The van der Waals surface area contributed by atoms with Gasteiger partial charge in [-0.15, -0.1) is 0 Å². The highest BCUT2D eigenvalue weighted by molar-refractivity contribution is 5.32. The van der Waals surface area contributed by atoms with Gasteiger partial charge in [-0.05, 0) is 6.07 Å². The summed E-state index contributed by atoms with van der Waals surface area (Å²) in [4.78, 5) is 0. The van der Waals surface area contributed by atoms with Crippen LogP contribution in [0.25, 0.3) is 0 Å². The van der Waals surface area contributed by atoms with Crippen molar-refractivity contribution in [1.29, 1.82) is 0 Å². The minimum atomic E-state index is -1.49. The monoisotopic (exact) mass is 286 g/mol. The van der Waals surface area contributed by atoms with Crippen LogP contribution >= 0.6 is 0 Å². The Morgan fingerprint density at radius 2 is 1.70 bits per heavy atom. The Kier molecular flexibility index (Phi) is 4.92. The molecule has 1 aliphatic rings. The molecular weight excluding hydrogens is 268 g/mol. The molecular formula is C13H18O7. The van der Waals surface area contributed by atoms with Crippen molar-refractivity contribution in [3.05, 3.63) is 29.8 Å². The number of para-hydroxylation sites is 1. The standard InChI is InChI=1S/C13H18O7/c14-5-7-3-1-2-4-8(7)19-13-12(18)11(17)10(16)9(6-15)20-13/h1-4,9-18H,5-6H2/t9-,10-,11-,12+,13+/m0/s1. The van der Waals surface area contributed by atoms with Crippen LogP contribution < -0.4 is 4.74 Å². The topological polar surface area (TPSA) is 120 Å². The lowest BCUT2D eigenvalue weighted by Crippen LogP contribution is -2.60. The second-order valence-corrected chi connectivity index (χ2v) is 4.58. The van der Waals surface area contributed by atoms with Crippen molar-refractivity contribution in [2.75, 3.05) is 6.61 Å². The summed E-state index contributed by atoms with van der Waals surface area (Å²) in [6.07, 6.45) is -6.67. The van der Waals surface area contributed by atoms with Gasteiger partial charge in [-0.2, -0.15) is 0 Å². The van der Waals surface area contributed by atoms with E-state index < -0.39 is 37.3 Å². The van der Waals surface area contributed by atoms with Gasteiger partial charge in [0.15, 0.2) is 0 Å². The highest BCUT2D eigenvalue weighted by atomic mass is 16.7. The average molecular weight is 286 g/mol. The van der Waals surface area contributed by atoms with E-state index in [1.54, 1.807) is 24.3 Å². The molecule has 1 aromatic carbocycles. The lowest BCUT2D eigenvalue weighted by Gasteiger charge is -2.39. The first kappa shape index (κ1) is 15.2. The van der Waals surface area contributed by atoms with Crippen molar-refractivity contribution in [2.24, 2.45) is 0 Å². The first-order chi connectivity index (χ1) is 9.58. The Balaban J connectivity index is 2.15. The van der Waals surface area contributed by atoms with Gasteiger partial charge in [0.2, 0.25) is 6.29 Å². The largest absolute Gasteiger partial charge is 0.462 e. The molecule has 5 N–H and O–H groups in total. The third-order valence-corrected chi connectivity index (χ3v) is 3.23. The third-order valence-electron chi connectivity index (χ3n) is 3.23. The molecule has 1 saturated heterocycles. The third kappa shape index (κ3) is 2.93. The average Bonchev–Trinajstić information content (AvgIpc) is 2.48. The Hall–Kier alpha value is -1.22. The molecule has 0 radical (unpaired) electrons. The fraction of sp³-hybridized carbons (Fsp3) is 0.538. The molecule has 1 aliphatic heterocycles. The van der Waals surface area contributed by atoms with Gasteiger partial charge in [-0.25, -0.2) is 0 Å². The van der Waals surface area contributed by atoms with Crippen molar-refractivity contribution in [3.63, 3.8) is 0 Å². The van der Waals surface area contributed by atoms with E-state index in [0.717, 1.165) is 0 Å². The lowest BCUT2D eigenvalue weighted by molar-refractivity contribution is -0.277. The molecule has 0 unspecified atom stereocenters. The Labute approximate surface area is 115 Å². The predicted molar refractivity (Wildman–Crippen MR) is 66.8 cm³/mol. The highest BCUT2D eigenvalue weighted by Gasteiger charge is 2.44. The number of hydrogen-bond acceptors (Lipinski definition) is 7. The normalized spacial score (nSPS) is 34.0. The smallest absolute Gasteiger partial charge is 0.229 e. The molecule has 0 amide bonds. The molecule has 1 fully saturated rings. The zero-order valence-corrected chi connectivity index (χ0v) is 10.7. The molecule has 0 bridgehead atoms. The number of ether oxygens (including phenoxy) is 2. The first-order valence-corrected chi connectivity index (χ1v) is 6.24. The van der Waals surface area contributed by atoms with Crippen LogP contribution in [-0.2, 0) is 11.3 Å². The number of aliphatic hydroxyl groups excluding tert-OH is 5. The quantitative estimate of drug-likeness (QED) is 0.450. The summed E-state index contributed by atoms with van der Waals surface area (Å²) in [6.45, 7) is -0.778.